The molecule has 0 amide bonds. The number of aliphatic imine (C=N–C) groups is 2. The second-order valence-corrected chi connectivity index (χ2v) is 7.37. The quantitative estimate of drug-likeness (QED) is 0.329. The molecule has 3 aromatic carbocycles. The Morgan fingerprint density at radius 3 is 2.47 bits per heavy atom. The Bertz CT molecular complexity index is 1130. The van der Waals surface area contributed by atoms with Crippen molar-refractivity contribution in [3.63, 3.8) is 0 Å². The predicted molar refractivity (Wildman–Crippen MR) is 119 cm³/mol. The van der Waals surface area contributed by atoms with Crippen molar-refractivity contribution in [3.8, 4) is 0 Å². The molecule has 1 unspecified atom stereocenters. The van der Waals surface area contributed by atoms with Gasteiger partial charge in [-0.25, -0.2) is 9.38 Å². The molecular formula is C23H16Cl2FN3O. The minimum atomic E-state index is -0.390. The largest absolute Gasteiger partial charge is 0.391 e. The maximum absolute atomic E-state index is 13.3. The molecule has 4 rings (SSSR count). The second-order valence-electron chi connectivity index (χ2n) is 6.53. The molecule has 1 aliphatic rings. The monoisotopic (exact) mass is 439 g/mol. The van der Waals surface area contributed by atoms with E-state index >= 15 is 0 Å². The molecule has 1 heterocycles. The molecule has 4 nitrogen and oxygen atoms in total. The van der Waals surface area contributed by atoms with Crippen molar-refractivity contribution in [1.29, 1.82) is 0 Å². The number of halogens is 3. The van der Waals surface area contributed by atoms with Crippen molar-refractivity contribution in [2.45, 2.75) is 12.8 Å². The third-order valence-electron chi connectivity index (χ3n) is 4.46. The zero-order valence-electron chi connectivity index (χ0n) is 15.7. The van der Waals surface area contributed by atoms with Gasteiger partial charge in [0.25, 0.3) is 0 Å². The average molecular weight is 440 g/mol. The van der Waals surface area contributed by atoms with Crippen LogP contribution in [0.1, 0.15) is 22.9 Å². The first-order valence-electron chi connectivity index (χ1n) is 9.16. The zero-order chi connectivity index (χ0) is 20.9. The van der Waals surface area contributed by atoms with E-state index in [0.29, 0.717) is 21.5 Å². The van der Waals surface area contributed by atoms with Crippen LogP contribution < -0.4 is 0 Å². The van der Waals surface area contributed by atoms with Crippen molar-refractivity contribution in [2.24, 2.45) is 15.1 Å². The summed E-state index contributed by atoms with van der Waals surface area (Å²) < 4.78 is 13.3. The summed E-state index contributed by atoms with van der Waals surface area (Å²) in [5.74, 6) is -0.313. The molecule has 0 saturated carbocycles. The lowest BCUT2D eigenvalue weighted by Gasteiger charge is -2.04. The van der Waals surface area contributed by atoms with E-state index in [9.17, 15) is 4.39 Å². The number of oxime groups is 1. The molecule has 150 valence electrons. The summed E-state index contributed by atoms with van der Waals surface area (Å²) in [6.07, 6.45) is 1.12. The highest BCUT2D eigenvalue weighted by Crippen LogP contribution is 2.26. The van der Waals surface area contributed by atoms with E-state index in [2.05, 4.69) is 10.1 Å². The fraction of sp³-hybridized carbons (Fsp3) is 0.0870. The highest BCUT2D eigenvalue weighted by Gasteiger charge is 2.22. The van der Waals surface area contributed by atoms with Crippen molar-refractivity contribution < 1.29 is 9.23 Å². The minimum Gasteiger partial charge on any atom is -0.391 e. The summed E-state index contributed by atoms with van der Waals surface area (Å²) >= 11 is 12.1. The highest BCUT2D eigenvalue weighted by molar-refractivity contribution is 6.67. The Hall–Kier alpha value is -3.02. The molecule has 0 fully saturated rings. The molecule has 0 saturated heterocycles. The van der Waals surface area contributed by atoms with E-state index in [1.807, 2.05) is 30.3 Å². The van der Waals surface area contributed by atoms with Gasteiger partial charge in [-0.1, -0.05) is 64.8 Å². The lowest BCUT2D eigenvalue weighted by atomic mass is 10.1. The van der Waals surface area contributed by atoms with E-state index in [1.165, 1.54) is 18.3 Å². The van der Waals surface area contributed by atoms with Gasteiger partial charge in [0.05, 0.1) is 11.9 Å². The summed E-state index contributed by atoms with van der Waals surface area (Å²) in [7, 11) is 0. The first kappa shape index (κ1) is 20.3. The highest BCUT2D eigenvalue weighted by atomic mass is 35.5. The van der Waals surface area contributed by atoms with Gasteiger partial charge in [-0.3, -0.25) is 4.99 Å². The van der Waals surface area contributed by atoms with Crippen LogP contribution in [0.2, 0.25) is 10.0 Å². The van der Waals surface area contributed by atoms with E-state index < -0.39 is 6.17 Å². The third kappa shape index (κ3) is 4.75. The SMILES string of the molecule is Fc1ccc(C2=NC(c3ccccc3)N=C2/C=N/OCc2ccc(Cl)cc2Cl)cc1. The molecule has 0 bridgehead atoms. The van der Waals surface area contributed by atoms with Gasteiger partial charge in [0.2, 0.25) is 0 Å². The van der Waals surface area contributed by atoms with Crippen molar-refractivity contribution in [2.75, 3.05) is 0 Å². The van der Waals surface area contributed by atoms with E-state index in [-0.39, 0.29) is 12.4 Å². The van der Waals surface area contributed by atoms with Crippen LogP contribution in [-0.2, 0) is 11.4 Å². The standard InChI is InChI=1S/C23H16Cl2FN3O/c24-18-9-6-17(20(25)12-18)14-30-27-13-21-22(15-7-10-19(26)11-8-15)29-23(28-21)16-4-2-1-3-5-16/h1-13,23H,14H2/b27-13+. The van der Waals surface area contributed by atoms with Gasteiger partial charge in [0.15, 0.2) is 6.17 Å². The molecule has 0 N–H and O–H groups in total. The van der Waals surface area contributed by atoms with Crippen LogP contribution >= 0.6 is 23.2 Å². The number of rotatable bonds is 6. The topological polar surface area (TPSA) is 46.3 Å². The summed E-state index contributed by atoms with van der Waals surface area (Å²) in [6, 6.07) is 21.0. The molecule has 3 aromatic rings. The van der Waals surface area contributed by atoms with Crippen molar-refractivity contribution in [1.82, 2.24) is 0 Å². The molecule has 0 spiro atoms. The first-order valence-corrected chi connectivity index (χ1v) is 9.92. The molecule has 0 aromatic heterocycles. The Labute approximate surface area is 183 Å². The first-order chi connectivity index (χ1) is 14.6. The second kappa shape index (κ2) is 9.20. The van der Waals surface area contributed by atoms with Crippen molar-refractivity contribution >= 4 is 40.8 Å². The van der Waals surface area contributed by atoms with E-state index in [0.717, 1.165) is 16.7 Å². The average Bonchev–Trinajstić information content (AvgIpc) is 3.18. The van der Waals surface area contributed by atoms with E-state index in [4.69, 9.17) is 33.0 Å². The van der Waals surface area contributed by atoms with Gasteiger partial charge < -0.3 is 4.84 Å². The summed E-state index contributed by atoms with van der Waals surface area (Å²) in [5, 5.41) is 5.09. The van der Waals surface area contributed by atoms with Crippen LogP contribution in [-0.4, -0.2) is 17.6 Å². The third-order valence-corrected chi connectivity index (χ3v) is 5.04. The summed E-state index contributed by atoms with van der Waals surface area (Å²) in [4.78, 5) is 14.8. The van der Waals surface area contributed by atoms with Crippen LogP contribution in [0.15, 0.2) is 87.9 Å². The smallest absolute Gasteiger partial charge is 0.166 e. The number of benzene rings is 3. The lowest BCUT2D eigenvalue weighted by molar-refractivity contribution is 0.132. The fourth-order valence-corrected chi connectivity index (χ4v) is 3.40. The minimum absolute atomic E-state index is 0.185. The maximum Gasteiger partial charge on any atom is 0.166 e. The number of nitrogens with zero attached hydrogens (tertiary/aromatic N) is 3. The number of hydrogen-bond acceptors (Lipinski definition) is 4. The van der Waals surface area contributed by atoms with Crippen LogP contribution in [0.5, 0.6) is 0 Å². The zero-order valence-corrected chi connectivity index (χ0v) is 17.2. The number of hydrogen-bond donors (Lipinski definition) is 0. The normalized spacial score (nSPS) is 15.9. The van der Waals surface area contributed by atoms with Gasteiger partial charge in [-0.15, -0.1) is 0 Å². The molecule has 1 aliphatic heterocycles. The van der Waals surface area contributed by atoms with Crippen LogP contribution in [0.4, 0.5) is 4.39 Å². The van der Waals surface area contributed by atoms with Crippen LogP contribution in [0.3, 0.4) is 0 Å². The van der Waals surface area contributed by atoms with E-state index in [1.54, 1.807) is 30.3 Å². The van der Waals surface area contributed by atoms with Gasteiger partial charge in [0.1, 0.15) is 18.1 Å². The fourth-order valence-electron chi connectivity index (χ4n) is 2.94. The lowest BCUT2D eigenvalue weighted by Crippen LogP contribution is -2.14. The maximum atomic E-state index is 13.3. The molecule has 0 aliphatic carbocycles. The Morgan fingerprint density at radius 1 is 0.967 bits per heavy atom. The molecule has 7 heteroatoms. The van der Waals surface area contributed by atoms with Gasteiger partial charge in [-0.05, 0) is 42.0 Å². The summed E-state index contributed by atoms with van der Waals surface area (Å²) in [5.41, 5.74) is 3.65. The molecule has 1 atom stereocenters. The predicted octanol–water partition coefficient (Wildman–Crippen LogP) is 6.28. The Kier molecular flexibility index (Phi) is 6.21. The van der Waals surface area contributed by atoms with Crippen molar-refractivity contribution in [3.05, 3.63) is 105 Å². The molecule has 0 radical (unpaired) electrons. The van der Waals surface area contributed by atoms with Gasteiger partial charge >= 0.3 is 0 Å². The summed E-state index contributed by atoms with van der Waals surface area (Å²) in [6.45, 7) is 0.185. The Balaban J connectivity index is 1.54. The van der Waals surface area contributed by atoms with Crippen LogP contribution in [0, 0.1) is 5.82 Å². The van der Waals surface area contributed by atoms with Gasteiger partial charge in [-0.2, -0.15) is 0 Å². The molecular weight excluding hydrogens is 424 g/mol. The van der Waals surface area contributed by atoms with Gasteiger partial charge in [0, 0.05) is 21.2 Å². The van der Waals surface area contributed by atoms with Crippen LogP contribution in [0.25, 0.3) is 0 Å². The molecule has 30 heavy (non-hydrogen) atoms. The Morgan fingerprint density at radius 2 is 1.73 bits per heavy atom.